The monoisotopic (exact) mass is 318 g/mol. The van der Waals surface area contributed by atoms with Gasteiger partial charge in [0.1, 0.15) is 0 Å². The molecule has 0 saturated heterocycles. The van der Waals surface area contributed by atoms with Crippen molar-refractivity contribution >= 4 is 21.7 Å². The first-order valence-electron chi connectivity index (χ1n) is 6.63. The van der Waals surface area contributed by atoms with Gasteiger partial charge in [-0.15, -0.1) is 0 Å². The molecule has 0 bridgehead atoms. The van der Waals surface area contributed by atoms with Gasteiger partial charge in [0.05, 0.1) is 16.6 Å². The molecule has 0 atom stereocenters. The molecule has 0 amide bonds. The average molecular weight is 318 g/mol. The lowest BCUT2D eigenvalue weighted by atomic mass is 10.1. The van der Waals surface area contributed by atoms with Crippen LogP contribution in [0.1, 0.15) is 27.0 Å². The van der Waals surface area contributed by atoms with Crippen LogP contribution in [0, 0.1) is 20.8 Å². The minimum absolute atomic E-state index is 0.117. The third-order valence-electron chi connectivity index (χ3n) is 3.29. The molecule has 22 heavy (non-hydrogen) atoms. The van der Waals surface area contributed by atoms with Crippen LogP contribution in [0.3, 0.4) is 0 Å². The summed E-state index contributed by atoms with van der Waals surface area (Å²) in [6, 6.07) is 8.83. The highest BCUT2D eigenvalue weighted by molar-refractivity contribution is 7.92. The fourth-order valence-corrected chi connectivity index (χ4v) is 3.57. The van der Waals surface area contributed by atoms with Gasteiger partial charge in [0.15, 0.2) is 0 Å². The number of carboxylic acid groups (broad SMARTS) is 1. The van der Waals surface area contributed by atoms with Crippen LogP contribution < -0.4 is 9.83 Å². The Morgan fingerprint density at radius 3 is 2.18 bits per heavy atom. The van der Waals surface area contributed by atoms with Gasteiger partial charge in [0.2, 0.25) is 0 Å². The Hall–Kier alpha value is -2.34. The number of benzene rings is 2. The van der Waals surface area contributed by atoms with Crippen molar-refractivity contribution in [2.75, 3.05) is 4.72 Å². The van der Waals surface area contributed by atoms with Crippen molar-refractivity contribution in [1.82, 2.24) is 0 Å². The molecular weight excluding hydrogens is 302 g/mol. The molecule has 0 unspecified atom stereocenters. The van der Waals surface area contributed by atoms with Crippen molar-refractivity contribution in [3.63, 3.8) is 0 Å². The summed E-state index contributed by atoms with van der Waals surface area (Å²) in [7, 11) is -3.87. The van der Waals surface area contributed by atoms with Crippen LogP contribution in [0.15, 0.2) is 41.3 Å². The number of rotatable bonds is 4. The first kappa shape index (κ1) is 16.0. The van der Waals surface area contributed by atoms with Crippen molar-refractivity contribution in [2.45, 2.75) is 25.7 Å². The fourth-order valence-electron chi connectivity index (χ4n) is 2.32. The van der Waals surface area contributed by atoms with Gasteiger partial charge >= 0.3 is 0 Å². The number of hydrogen-bond donors (Lipinski definition) is 1. The van der Waals surface area contributed by atoms with Gasteiger partial charge in [-0.2, -0.15) is 0 Å². The molecule has 116 valence electrons. The summed E-state index contributed by atoms with van der Waals surface area (Å²) in [6.07, 6.45) is 0. The number of aryl methyl sites for hydroxylation is 3. The Balaban J connectivity index is 2.45. The van der Waals surface area contributed by atoms with Gasteiger partial charge in [-0.05, 0) is 49.6 Å². The van der Waals surface area contributed by atoms with Crippen LogP contribution >= 0.6 is 0 Å². The summed E-state index contributed by atoms with van der Waals surface area (Å²) in [5.74, 6) is -1.42. The second-order valence-corrected chi connectivity index (χ2v) is 6.88. The molecule has 0 heterocycles. The SMILES string of the molecule is Cc1cc(C)c(NS(=O)(=O)c2cccc(C(=O)[O-])c2)c(C)c1. The standard InChI is InChI=1S/C16H17NO4S/c1-10-7-11(2)15(12(3)8-10)17-22(20,21)14-6-4-5-13(9-14)16(18)19/h4-9,17H,1-3H3,(H,18,19)/p-1. The Bertz CT molecular complexity index is 818. The lowest BCUT2D eigenvalue weighted by Gasteiger charge is -2.15. The molecule has 0 spiro atoms. The maximum atomic E-state index is 12.4. The molecule has 0 aliphatic carbocycles. The number of aromatic carboxylic acids is 1. The summed E-state index contributed by atoms with van der Waals surface area (Å²) in [5, 5.41) is 10.9. The molecule has 0 radical (unpaired) electrons. The van der Waals surface area contributed by atoms with Crippen LogP contribution in [-0.2, 0) is 10.0 Å². The van der Waals surface area contributed by atoms with Crippen molar-refractivity contribution in [1.29, 1.82) is 0 Å². The van der Waals surface area contributed by atoms with Crippen LogP contribution in [0.4, 0.5) is 5.69 Å². The molecule has 0 aliphatic rings. The Morgan fingerprint density at radius 2 is 1.64 bits per heavy atom. The molecular formula is C16H16NO4S-. The molecule has 6 heteroatoms. The predicted molar refractivity (Wildman–Crippen MR) is 82.2 cm³/mol. The summed E-state index contributed by atoms with van der Waals surface area (Å²) < 4.78 is 27.4. The van der Waals surface area contributed by atoms with Gasteiger partial charge in [-0.3, -0.25) is 4.72 Å². The average Bonchev–Trinajstić information content (AvgIpc) is 2.43. The first-order valence-corrected chi connectivity index (χ1v) is 8.11. The van der Waals surface area contributed by atoms with E-state index in [1.54, 1.807) is 0 Å². The Kier molecular flexibility index (Phi) is 4.23. The summed E-state index contributed by atoms with van der Waals surface area (Å²) in [4.78, 5) is 10.7. The normalized spacial score (nSPS) is 11.2. The zero-order valence-corrected chi connectivity index (χ0v) is 13.3. The lowest BCUT2D eigenvalue weighted by molar-refractivity contribution is -0.255. The van der Waals surface area contributed by atoms with Gasteiger partial charge in [-0.25, -0.2) is 8.42 Å². The van der Waals surface area contributed by atoms with Crippen molar-refractivity contribution in [3.05, 3.63) is 58.7 Å². The van der Waals surface area contributed by atoms with Crippen molar-refractivity contribution in [2.24, 2.45) is 0 Å². The number of carbonyl (C=O) groups excluding carboxylic acids is 1. The van der Waals surface area contributed by atoms with Gasteiger partial charge in [0.25, 0.3) is 10.0 Å². The molecule has 2 aromatic rings. The molecule has 0 saturated carbocycles. The predicted octanol–water partition coefficient (Wildman–Crippen LogP) is 1.78. The third-order valence-corrected chi connectivity index (χ3v) is 4.64. The Labute approximate surface area is 129 Å². The zero-order valence-electron chi connectivity index (χ0n) is 12.5. The third kappa shape index (κ3) is 3.28. The molecule has 0 aliphatic heterocycles. The molecule has 2 aromatic carbocycles. The maximum absolute atomic E-state index is 12.4. The summed E-state index contributed by atoms with van der Waals surface area (Å²) in [5.41, 5.74) is 2.97. The molecule has 0 aromatic heterocycles. The quantitative estimate of drug-likeness (QED) is 0.931. The van der Waals surface area contributed by atoms with E-state index in [1.807, 2.05) is 32.9 Å². The van der Waals surface area contributed by atoms with E-state index in [0.29, 0.717) is 5.69 Å². The lowest BCUT2D eigenvalue weighted by Crippen LogP contribution is -2.23. The highest BCUT2D eigenvalue weighted by atomic mass is 32.2. The molecule has 1 N–H and O–H groups in total. The summed E-state index contributed by atoms with van der Waals surface area (Å²) in [6.45, 7) is 5.56. The van der Waals surface area contributed by atoms with E-state index in [9.17, 15) is 18.3 Å². The van der Waals surface area contributed by atoms with E-state index in [0.717, 1.165) is 22.8 Å². The summed E-state index contributed by atoms with van der Waals surface area (Å²) >= 11 is 0. The highest BCUT2D eigenvalue weighted by Gasteiger charge is 2.17. The second kappa shape index (κ2) is 5.81. The number of nitrogens with one attached hydrogen (secondary N) is 1. The van der Waals surface area contributed by atoms with Crippen LogP contribution in [0.25, 0.3) is 0 Å². The molecule has 5 nitrogen and oxygen atoms in total. The molecule has 2 rings (SSSR count). The van der Waals surface area contributed by atoms with Crippen molar-refractivity contribution < 1.29 is 18.3 Å². The second-order valence-electron chi connectivity index (χ2n) is 5.19. The van der Waals surface area contributed by atoms with Crippen molar-refractivity contribution in [3.8, 4) is 0 Å². The van der Waals surface area contributed by atoms with Crippen LogP contribution in [0.5, 0.6) is 0 Å². The Morgan fingerprint density at radius 1 is 1.05 bits per heavy atom. The van der Waals surface area contributed by atoms with E-state index in [1.165, 1.54) is 18.2 Å². The van der Waals surface area contributed by atoms with Gasteiger partial charge in [-0.1, -0.05) is 29.8 Å². The van der Waals surface area contributed by atoms with E-state index in [4.69, 9.17) is 0 Å². The van der Waals surface area contributed by atoms with E-state index in [-0.39, 0.29) is 10.5 Å². The number of hydrogen-bond acceptors (Lipinski definition) is 4. The highest BCUT2D eigenvalue weighted by Crippen LogP contribution is 2.25. The smallest absolute Gasteiger partial charge is 0.261 e. The van der Waals surface area contributed by atoms with Gasteiger partial charge < -0.3 is 9.90 Å². The number of carboxylic acids is 1. The fraction of sp³-hybridized carbons (Fsp3) is 0.188. The van der Waals surface area contributed by atoms with E-state index in [2.05, 4.69) is 4.72 Å². The first-order chi connectivity index (χ1) is 10.2. The number of anilines is 1. The van der Waals surface area contributed by atoms with Crippen LogP contribution in [-0.4, -0.2) is 14.4 Å². The minimum Gasteiger partial charge on any atom is -0.545 e. The van der Waals surface area contributed by atoms with Gasteiger partial charge in [0, 0.05) is 0 Å². The van der Waals surface area contributed by atoms with E-state index < -0.39 is 16.0 Å². The molecule has 0 fully saturated rings. The van der Waals surface area contributed by atoms with Crippen LogP contribution in [0.2, 0.25) is 0 Å². The largest absolute Gasteiger partial charge is 0.545 e. The topological polar surface area (TPSA) is 86.3 Å². The van der Waals surface area contributed by atoms with E-state index >= 15 is 0 Å². The minimum atomic E-state index is -3.87. The number of sulfonamides is 1. The maximum Gasteiger partial charge on any atom is 0.261 e. The number of carbonyl (C=O) groups is 1. The zero-order chi connectivity index (χ0) is 16.5.